The number of hydrogen-bond donors (Lipinski definition) is 0. The van der Waals surface area contributed by atoms with Gasteiger partial charge in [-0.2, -0.15) is 0 Å². The highest BCUT2D eigenvalue weighted by molar-refractivity contribution is 9.10. The van der Waals surface area contributed by atoms with Gasteiger partial charge in [0.05, 0.1) is 5.41 Å². The fourth-order valence-electron chi connectivity index (χ4n) is 7.78. The van der Waals surface area contributed by atoms with Gasteiger partial charge in [0.2, 0.25) is 0 Å². The third kappa shape index (κ3) is 2.07. The third-order valence-electron chi connectivity index (χ3n) is 8.99. The summed E-state index contributed by atoms with van der Waals surface area (Å²) in [5, 5.41) is 5.62. The minimum atomic E-state index is -0.345. The van der Waals surface area contributed by atoms with Crippen molar-refractivity contribution in [3.8, 4) is 22.3 Å². The molecule has 9 rings (SSSR count). The molecule has 0 aliphatic heterocycles. The van der Waals surface area contributed by atoms with E-state index in [0.717, 1.165) is 12.8 Å². The van der Waals surface area contributed by atoms with Crippen molar-refractivity contribution in [1.29, 1.82) is 0 Å². The van der Waals surface area contributed by atoms with Gasteiger partial charge in [0, 0.05) is 10.0 Å². The van der Waals surface area contributed by atoms with Gasteiger partial charge in [-0.05, 0) is 90.5 Å². The molecule has 3 aliphatic carbocycles. The molecule has 0 amide bonds. The van der Waals surface area contributed by atoms with Gasteiger partial charge in [0.25, 0.3) is 0 Å². The van der Waals surface area contributed by atoms with Gasteiger partial charge >= 0.3 is 0 Å². The van der Waals surface area contributed by atoms with Crippen LogP contribution < -0.4 is 0 Å². The number of benzene rings is 6. The summed E-state index contributed by atoms with van der Waals surface area (Å²) in [5.74, 6) is 0. The van der Waals surface area contributed by atoms with Gasteiger partial charge in [0.15, 0.2) is 0 Å². The molecule has 6 aromatic carbocycles. The quantitative estimate of drug-likeness (QED) is 0.187. The van der Waals surface area contributed by atoms with E-state index in [1.54, 1.807) is 0 Å². The molecule has 1 spiro atoms. The normalized spacial score (nSPS) is 18.0. The number of hydrogen-bond acceptors (Lipinski definition) is 0. The van der Waals surface area contributed by atoms with Crippen LogP contribution in [0.5, 0.6) is 0 Å². The first-order chi connectivity index (χ1) is 17.8. The largest absolute Gasteiger partial charge is 0.0726 e. The third-order valence-corrected chi connectivity index (χ3v) is 9.65. The van der Waals surface area contributed by atoms with E-state index in [2.05, 4.69) is 119 Å². The summed E-state index contributed by atoms with van der Waals surface area (Å²) in [6, 6.07) is 39.2. The van der Waals surface area contributed by atoms with Gasteiger partial charge < -0.3 is 0 Å². The second kappa shape index (κ2) is 6.55. The summed E-state index contributed by atoms with van der Waals surface area (Å²) in [7, 11) is 0. The highest BCUT2D eigenvalue weighted by Crippen LogP contribution is 2.64. The Bertz CT molecular complexity index is 1960. The molecule has 36 heavy (non-hydrogen) atoms. The number of fused-ring (bicyclic) bond motifs is 10. The molecule has 0 heterocycles. The maximum atomic E-state index is 3.95. The molecule has 1 atom stereocenters. The number of aryl methyl sites for hydroxylation is 2. The zero-order valence-electron chi connectivity index (χ0n) is 19.6. The lowest BCUT2D eigenvalue weighted by Crippen LogP contribution is -2.32. The van der Waals surface area contributed by atoms with Crippen LogP contribution in [0.25, 0.3) is 43.8 Å². The van der Waals surface area contributed by atoms with Gasteiger partial charge in [-0.3, -0.25) is 0 Å². The maximum Gasteiger partial charge on any atom is 0.0726 e. The van der Waals surface area contributed by atoms with Crippen molar-refractivity contribution in [2.45, 2.75) is 18.3 Å². The summed E-state index contributed by atoms with van der Waals surface area (Å²) < 4.78 is 1.17. The molecule has 1 unspecified atom stereocenters. The van der Waals surface area contributed by atoms with Crippen molar-refractivity contribution >= 4 is 37.5 Å². The van der Waals surface area contributed by atoms with Crippen molar-refractivity contribution in [3.05, 3.63) is 141 Å². The van der Waals surface area contributed by atoms with Crippen molar-refractivity contribution in [3.63, 3.8) is 0 Å². The summed E-state index contributed by atoms with van der Waals surface area (Å²) in [4.78, 5) is 0. The first kappa shape index (κ1) is 19.5. The molecular weight excluding hydrogens is 500 g/mol. The fourth-order valence-corrected chi connectivity index (χ4v) is 8.36. The van der Waals surface area contributed by atoms with Crippen LogP contribution in [0.3, 0.4) is 0 Å². The van der Waals surface area contributed by atoms with Crippen molar-refractivity contribution in [2.24, 2.45) is 0 Å². The molecule has 0 aromatic heterocycles. The number of rotatable bonds is 0. The Labute approximate surface area is 218 Å². The summed E-state index contributed by atoms with van der Waals surface area (Å²) >= 11 is 3.95. The van der Waals surface area contributed by atoms with Crippen molar-refractivity contribution in [2.75, 3.05) is 0 Å². The van der Waals surface area contributed by atoms with Gasteiger partial charge in [-0.1, -0.05) is 113 Å². The van der Waals surface area contributed by atoms with E-state index in [0.29, 0.717) is 0 Å². The van der Waals surface area contributed by atoms with Gasteiger partial charge in [-0.25, -0.2) is 0 Å². The van der Waals surface area contributed by atoms with Crippen molar-refractivity contribution < 1.29 is 0 Å². The first-order valence-electron chi connectivity index (χ1n) is 12.8. The Morgan fingerprint density at radius 3 is 2.19 bits per heavy atom. The minimum absolute atomic E-state index is 0.345. The van der Waals surface area contributed by atoms with Crippen molar-refractivity contribution in [1.82, 2.24) is 0 Å². The lowest BCUT2D eigenvalue weighted by molar-refractivity contribution is 0.772. The lowest BCUT2D eigenvalue weighted by atomic mass is 9.60. The van der Waals surface area contributed by atoms with Crippen LogP contribution in [0.2, 0.25) is 0 Å². The highest BCUT2D eigenvalue weighted by Gasteiger charge is 2.51. The Morgan fingerprint density at radius 1 is 0.528 bits per heavy atom. The number of halogens is 1. The maximum absolute atomic E-state index is 3.95. The second-order valence-corrected chi connectivity index (χ2v) is 11.3. The smallest absolute Gasteiger partial charge is 0.0619 e. The van der Waals surface area contributed by atoms with Crippen LogP contribution >= 0.6 is 15.9 Å². The van der Waals surface area contributed by atoms with E-state index in [4.69, 9.17) is 0 Å². The van der Waals surface area contributed by atoms with Crippen LogP contribution in [-0.2, 0) is 18.3 Å². The molecule has 0 fully saturated rings. The van der Waals surface area contributed by atoms with Crippen LogP contribution in [-0.4, -0.2) is 0 Å². The van der Waals surface area contributed by atoms with Crippen LogP contribution in [0.4, 0.5) is 0 Å². The standard InChI is InChI=1S/C35H21Br/c36-30-16-6-15-28-34(30)23-10-1-2-13-26(23)35(28)27-14-5-9-20-7-3-12-25(32(20)27)33-24-11-4-8-21-17-18-22(31(21)24)19-29(33)35/h1-16,19H,17-18H2. The predicted octanol–water partition coefficient (Wildman–Crippen LogP) is 9.20. The Morgan fingerprint density at radius 2 is 1.25 bits per heavy atom. The molecule has 0 N–H and O–H groups in total. The van der Waals surface area contributed by atoms with Crippen LogP contribution in [0.1, 0.15) is 33.4 Å². The van der Waals surface area contributed by atoms with Gasteiger partial charge in [-0.15, -0.1) is 0 Å². The van der Waals surface area contributed by atoms with Crippen LogP contribution in [0, 0.1) is 0 Å². The molecule has 168 valence electrons. The SMILES string of the molecule is Brc1cccc2c1-c1ccccc1C21c2cc3c4c(cccc4c2-c2cccc4cccc1c24)CC3. The molecule has 6 aromatic rings. The summed E-state index contributed by atoms with van der Waals surface area (Å²) in [6.45, 7) is 0. The molecule has 0 radical (unpaired) electrons. The van der Waals surface area contributed by atoms with E-state index in [1.807, 2.05) is 0 Å². The molecule has 1 heteroatoms. The van der Waals surface area contributed by atoms with E-state index in [9.17, 15) is 0 Å². The van der Waals surface area contributed by atoms with E-state index in [1.165, 1.54) is 81.7 Å². The highest BCUT2D eigenvalue weighted by atomic mass is 79.9. The Kier molecular flexibility index (Phi) is 3.55. The topological polar surface area (TPSA) is 0 Å². The van der Waals surface area contributed by atoms with E-state index >= 15 is 0 Å². The summed E-state index contributed by atoms with van der Waals surface area (Å²) in [6.07, 6.45) is 2.26. The lowest BCUT2D eigenvalue weighted by Gasteiger charge is -2.40. The molecule has 0 bridgehead atoms. The predicted molar refractivity (Wildman–Crippen MR) is 153 cm³/mol. The molecular formula is C35H21Br. The first-order valence-corrected chi connectivity index (χ1v) is 13.6. The monoisotopic (exact) mass is 520 g/mol. The molecule has 0 saturated carbocycles. The average Bonchev–Trinajstić information content (AvgIpc) is 3.46. The molecule has 0 nitrogen and oxygen atoms in total. The Balaban J connectivity index is 1.62. The minimum Gasteiger partial charge on any atom is -0.0619 e. The Hall–Kier alpha value is -3.68. The molecule has 0 saturated heterocycles. The second-order valence-electron chi connectivity index (χ2n) is 10.5. The van der Waals surface area contributed by atoms with Crippen LogP contribution in [0.15, 0.2) is 108 Å². The molecule has 3 aliphatic rings. The summed E-state index contributed by atoms with van der Waals surface area (Å²) in [5.41, 5.74) is 13.8. The zero-order valence-corrected chi connectivity index (χ0v) is 21.2. The fraction of sp³-hybridized carbons (Fsp3) is 0.0857. The van der Waals surface area contributed by atoms with E-state index in [-0.39, 0.29) is 5.41 Å². The van der Waals surface area contributed by atoms with Gasteiger partial charge in [0.1, 0.15) is 0 Å². The van der Waals surface area contributed by atoms with E-state index < -0.39 is 0 Å². The zero-order chi connectivity index (χ0) is 23.6. The average molecular weight is 521 g/mol.